The summed E-state index contributed by atoms with van der Waals surface area (Å²) in [6.45, 7) is 9.97. The van der Waals surface area contributed by atoms with Crippen molar-refractivity contribution in [1.29, 1.82) is 0 Å². The monoisotopic (exact) mass is 301 g/mol. The summed E-state index contributed by atoms with van der Waals surface area (Å²) in [6, 6.07) is 2.82. The molecule has 118 valence electrons. The van der Waals surface area contributed by atoms with Gasteiger partial charge in [-0.25, -0.2) is 4.98 Å². The van der Waals surface area contributed by atoms with Gasteiger partial charge in [-0.1, -0.05) is 13.8 Å². The Morgan fingerprint density at radius 1 is 1.33 bits per heavy atom. The van der Waals surface area contributed by atoms with E-state index in [0.29, 0.717) is 5.92 Å². The molecule has 1 aromatic heterocycles. The second-order valence-electron chi connectivity index (χ2n) is 6.60. The van der Waals surface area contributed by atoms with Crippen LogP contribution in [0.4, 0.5) is 18.9 Å². The van der Waals surface area contributed by atoms with Crippen molar-refractivity contribution in [3.05, 3.63) is 24.0 Å². The van der Waals surface area contributed by atoms with Gasteiger partial charge in [-0.15, -0.1) is 0 Å². The summed E-state index contributed by atoms with van der Waals surface area (Å²) in [7, 11) is 0. The Kier molecular flexibility index (Phi) is 4.19. The molecule has 1 fully saturated rings. The van der Waals surface area contributed by atoms with Gasteiger partial charge in [0.05, 0.1) is 11.9 Å². The van der Waals surface area contributed by atoms with E-state index in [-0.39, 0.29) is 11.6 Å². The van der Waals surface area contributed by atoms with Crippen LogP contribution >= 0.6 is 0 Å². The second-order valence-corrected chi connectivity index (χ2v) is 6.60. The fraction of sp³-hybridized carbons (Fsp3) is 0.667. The molecule has 0 bridgehead atoms. The number of nitrogens with zero attached hydrogens (tertiary/aromatic N) is 2. The molecule has 0 spiro atoms. The van der Waals surface area contributed by atoms with E-state index in [1.54, 1.807) is 0 Å². The standard InChI is InChI=1S/C15H22F3N3/c1-10(2)12-8-20-14(3,4)9-21(12)11-5-6-13(19-7-11)15(16,17)18/h5-7,10,12,20H,8-9H2,1-4H3. The van der Waals surface area contributed by atoms with Crippen LogP contribution in [0.3, 0.4) is 0 Å². The molecule has 0 saturated carbocycles. The number of rotatable bonds is 2. The van der Waals surface area contributed by atoms with E-state index in [1.165, 1.54) is 12.3 Å². The van der Waals surface area contributed by atoms with Crippen LogP contribution < -0.4 is 10.2 Å². The summed E-state index contributed by atoms with van der Waals surface area (Å²) < 4.78 is 37.8. The molecule has 0 aliphatic carbocycles. The highest BCUT2D eigenvalue weighted by Crippen LogP contribution is 2.31. The second kappa shape index (κ2) is 5.48. The maximum absolute atomic E-state index is 12.6. The Morgan fingerprint density at radius 3 is 2.48 bits per heavy atom. The van der Waals surface area contributed by atoms with Gasteiger partial charge in [0.15, 0.2) is 0 Å². The predicted molar refractivity (Wildman–Crippen MR) is 77.3 cm³/mol. The number of hydrogen-bond acceptors (Lipinski definition) is 3. The fourth-order valence-corrected chi connectivity index (χ4v) is 2.69. The molecular formula is C15H22F3N3. The molecule has 6 heteroatoms. The van der Waals surface area contributed by atoms with Gasteiger partial charge in [-0.3, -0.25) is 0 Å². The Morgan fingerprint density at radius 2 is 2.00 bits per heavy atom. The van der Waals surface area contributed by atoms with Crippen LogP contribution in [0.15, 0.2) is 18.3 Å². The van der Waals surface area contributed by atoms with Gasteiger partial charge in [0.1, 0.15) is 5.69 Å². The molecule has 0 aromatic carbocycles. The minimum Gasteiger partial charge on any atom is -0.364 e. The topological polar surface area (TPSA) is 28.2 Å². The van der Waals surface area contributed by atoms with Gasteiger partial charge in [-0.2, -0.15) is 13.2 Å². The normalized spacial score (nSPS) is 22.7. The third-order valence-corrected chi connectivity index (χ3v) is 3.90. The van der Waals surface area contributed by atoms with E-state index in [4.69, 9.17) is 0 Å². The summed E-state index contributed by atoms with van der Waals surface area (Å²) in [5.74, 6) is 0.399. The molecule has 1 aromatic rings. The van der Waals surface area contributed by atoms with Crippen molar-refractivity contribution < 1.29 is 13.2 Å². The molecule has 0 radical (unpaired) electrons. The van der Waals surface area contributed by atoms with Gasteiger partial charge in [0, 0.05) is 24.7 Å². The lowest BCUT2D eigenvalue weighted by molar-refractivity contribution is -0.141. The number of hydrogen-bond donors (Lipinski definition) is 1. The molecule has 1 aliphatic rings. The summed E-state index contributed by atoms with van der Waals surface area (Å²) >= 11 is 0. The van der Waals surface area contributed by atoms with Crippen molar-refractivity contribution in [1.82, 2.24) is 10.3 Å². The molecule has 3 nitrogen and oxygen atoms in total. The average molecular weight is 301 g/mol. The third kappa shape index (κ3) is 3.67. The molecule has 1 atom stereocenters. The van der Waals surface area contributed by atoms with Gasteiger partial charge < -0.3 is 10.2 Å². The maximum atomic E-state index is 12.6. The molecule has 2 heterocycles. The number of alkyl halides is 3. The van der Waals surface area contributed by atoms with Crippen LogP contribution in [0, 0.1) is 5.92 Å². The first-order valence-corrected chi connectivity index (χ1v) is 7.15. The van der Waals surface area contributed by atoms with Crippen LogP contribution in [0.1, 0.15) is 33.4 Å². The highest BCUT2D eigenvalue weighted by molar-refractivity contribution is 5.47. The predicted octanol–water partition coefficient (Wildman–Crippen LogP) is 3.31. The molecule has 0 amide bonds. The minimum atomic E-state index is -4.39. The van der Waals surface area contributed by atoms with Crippen LogP contribution in [0.25, 0.3) is 0 Å². The van der Waals surface area contributed by atoms with Crippen molar-refractivity contribution >= 4 is 5.69 Å². The van der Waals surface area contributed by atoms with Crippen molar-refractivity contribution in [2.75, 3.05) is 18.0 Å². The zero-order chi connectivity index (χ0) is 15.8. The average Bonchev–Trinajstić information content (AvgIpc) is 2.36. The minimum absolute atomic E-state index is 0.0753. The van der Waals surface area contributed by atoms with Gasteiger partial charge in [-0.05, 0) is 31.9 Å². The number of anilines is 1. The molecule has 1 saturated heterocycles. The summed E-state index contributed by atoms with van der Waals surface area (Å²) in [6.07, 6.45) is -3.06. The quantitative estimate of drug-likeness (QED) is 0.908. The molecule has 1 aliphatic heterocycles. The highest BCUT2D eigenvalue weighted by Gasteiger charge is 2.35. The lowest BCUT2D eigenvalue weighted by Gasteiger charge is -2.47. The van der Waals surface area contributed by atoms with Gasteiger partial charge in [0.25, 0.3) is 0 Å². The first-order valence-electron chi connectivity index (χ1n) is 7.15. The van der Waals surface area contributed by atoms with E-state index in [9.17, 15) is 13.2 Å². The van der Waals surface area contributed by atoms with E-state index in [2.05, 4.69) is 42.9 Å². The molecular weight excluding hydrogens is 279 g/mol. The highest BCUT2D eigenvalue weighted by atomic mass is 19.4. The van der Waals surface area contributed by atoms with E-state index < -0.39 is 11.9 Å². The third-order valence-electron chi connectivity index (χ3n) is 3.90. The zero-order valence-electron chi connectivity index (χ0n) is 12.8. The van der Waals surface area contributed by atoms with E-state index in [0.717, 1.165) is 24.8 Å². The first kappa shape index (κ1) is 16.1. The van der Waals surface area contributed by atoms with Crippen LogP contribution in [-0.2, 0) is 6.18 Å². The lowest BCUT2D eigenvalue weighted by Crippen LogP contribution is -2.63. The lowest BCUT2D eigenvalue weighted by atomic mass is 9.92. The van der Waals surface area contributed by atoms with Gasteiger partial charge in [0.2, 0.25) is 0 Å². The zero-order valence-corrected chi connectivity index (χ0v) is 12.8. The first-order chi connectivity index (χ1) is 9.60. The largest absolute Gasteiger partial charge is 0.433 e. The van der Waals surface area contributed by atoms with Crippen molar-refractivity contribution in [2.45, 2.75) is 45.5 Å². The van der Waals surface area contributed by atoms with Crippen LogP contribution in [0.5, 0.6) is 0 Å². The molecule has 2 rings (SSSR count). The van der Waals surface area contributed by atoms with Crippen LogP contribution in [0.2, 0.25) is 0 Å². The SMILES string of the molecule is CC(C)C1CNC(C)(C)CN1c1ccc(C(F)(F)F)nc1. The van der Waals surface area contributed by atoms with Crippen molar-refractivity contribution in [3.63, 3.8) is 0 Å². The Labute approximate surface area is 123 Å². The Bertz CT molecular complexity index is 480. The van der Waals surface area contributed by atoms with E-state index in [1.807, 2.05) is 0 Å². The smallest absolute Gasteiger partial charge is 0.364 e. The summed E-state index contributed by atoms with van der Waals surface area (Å²) in [5.41, 5.74) is -0.174. The Hall–Kier alpha value is -1.30. The number of halogens is 3. The number of nitrogens with one attached hydrogen (secondary N) is 1. The van der Waals surface area contributed by atoms with E-state index >= 15 is 0 Å². The fourth-order valence-electron chi connectivity index (χ4n) is 2.69. The number of piperazine rings is 1. The number of pyridine rings is 1. The maximum Gasteiger partial charge on any atom is 0.433 e. The molecule has 1 N–H and O–H groups in total. The van der Waals surface area contributed by atoms with Crippen LogP contribution in [-0.4, -0.2) is 29.7 Å². The van der Waals surface area contributed by atoms with Gasteiger partial charge >= 0.3 is 6.18 Å². The van der Waals surface area contributed by atoms with Crippen molar-refractivity contribution in [2.24, 2.45) is 5.92 Å². The molecule has 21 heavy (non-hydrogen) atoms. The van der Waals surface area contributed by atoms with Crippen molar-refractivity contribution in [3.8, 4) is 0 Å². The summed E-state index contributed by atoms with van der Waals surface area (Å²) in [4.78, 5) is 5.74. The Balaban J connectivity index is 2.28. The summed E-state index contributed by atoms with van der Waals surface area (Å²) in [5, 5.41) is 3.48. The number of aromatic nitrogens is 1. The molecule has 1 unspecified atom stereocenters.